The van der Waals surface area contributed by atoms with E-state index in [1.165, 1.54) is 25.7 Å². The zero-order valence-corrected chi connectivity index (χ0v) is 17.1. The maximum Gasteiger partial charge on any atom is 0.234 e. The second-order valence-corrected chi connectivity index (χ2v) is 8.72. The van der Waals surface area contributed by atoms with Gasteiger partial charge in [-0.15, -0.1) is 0 Å². The summed E-state index contributed by atoms with van der Waals surface area (Å²) in [5.41, 5.74) is 0. The predicted octanol–water partition coefficient (Wildman–Crippen LogP) is 1.89. The monoisotopic (exact) mass is 386 g/mol. The highest BCUT2D eigenvalue weighted by molar-refractivity contribution is 5.78. The van der Waals surface area contributed by atoms with E-state index in [4.69, 9.17) is 0 Å². The van der Waals surface area contributed by atoms with Crippen molar-refractivity contribution in [2.75, 3.05) is 55.6 Å². The van der Waals surface area contributed by atoms with Gasteiger partial charge in [0, 0.05) is 51.4 Å². The number of piperazine rings is 1. The maximum atomic E-state index is 12.4. The van der Waals surface area contributed by atoms with Gasteiger partial charge in [0.2, 0.25) is 5.91 Å². The van der Waals surface area contributed by atoms with E-state index in [1.807, 2.05) is 0 Å². The van der Waals surface area contributed by atoms with E-state index < -0.39 is 0 Å². The van der Waals surface area contributed by atoms with E-state index in [2.05, 4.69) is 43.0 Å². The lowest BCUT2D eigenvalue weighted by molar-refractivity contribution is -0.123. The van der Waals surface area contributed by atoms with Gasteiger partial charge in [0.1, 0.15) is 18.0 Å². The standard InChI is InChI=1S/C21H34N6O/c1-17-4-6-18(7-5-17)24-21(28)15-25-10-12-27(13-11-25)20-14-19(22-16-23-20)26-8-2-3-9-26/h14,16-18H,2-13,15H2,1H3,(H,24,28). The third kappa shape index (κ3) is 4.93. The van der Waals surface area contributed by atoms with E-state index in [0.717, 1.165) is 69.7 Å². The highest BCUT2D eigenvalue weighted by atomic mass is 16.2. The first-order valence-corrected chi connectivity index (χ1v) is 11.0. The number of anilines is 2. The molecule has 3 heterocycles. The average molecular weight is 387 g/mol. The fourth-order valence-corrected chi connectivity index (χ4v) is 4.65. The normalized spacial score (nSPS) is 26.5. The van der Waals surface area contributed by atoms with Crippen molar-refractivity contribution >= 4 is 17.5 Å². The number of hydrogen-bond donors (Lipinski definition) is 1. The van der Waals surface area contributed by atoms with Crippen molar-refractivity contribution in [2.24, 2.45) is 5.92 Å². The van der Waals surface area contributed by atoms with Gasteiger partial charge in [0.15, 0.2) is 0 Å². The second-order valence-electron chi connectivity index (χ2n) is 8.72. The Morgan fingerprint density at radius 3 is 2.21 bits per heavy atom. The minimum absolute atomic E-state index is 0.186. The van der Waals surface area contributed by atoms with Gasteiger partial charge in [0.25, 0.3) is 0 Å². The van der Waals surface area contributed by atoms with Crippen LogP contribution in [0.4, 0.5) is 11.6 Å². The first kappa shape index (κ1) is 19.4. The summed E-state index contributed by atoms with van der Waals surface area (Å²) < 4.78 is 0. The molecule has 7 heteroatoms. The minimum Gasteiger partial charge on any atom is -0.356 e. The molecule has 4 rings (SSSR count). The predicted molar refractivity (Wildman–Crippen MR) is 112 cm³/mol. The van der Waals surface area contributed by atoms with Crippen molar-refractivity contribution in [2.45, 2.75) is 51.5 Å². The van der Waals surface area contributed by atoms with Crippen LogP contribution in [0.5, 0.6) is 0 Å². The average Bonchev–Trinajstić information content (AvgIpc) is 3.25. The number of nitrogens with one attached hydrogen (secondary N) is 1. The molecular formula is C21H34N6O. The molecule has 0 unspecified atom stereocenters. The number of hydrogen-bond acceptors (Lipinski definition) is 6. The molecule has 1 aromatic rings. The molecular weight excluding hydrogens is 352 g/mol. The summed E-state index contributed by atoms with van der Waals surface area (Å²) in [4.78, 5) is 28.3. The van der Waals surface area contributed by atoms with Crippen LogP contribution in [0, 0.1) is 5.92 Å². The van der Waals surface area contributed by atoms with Crippen LogP contribution in [0.15, 0.2) is 12.4 Å². The fraction of sp³-hybridized carbons (Fsp3) is 0.762. The molecule has 2 aliphatic heterocycles. The van der Waals surface area contributed by atoms with Gasteiger partial charge in [-0.05, 0) is 44.4 Å². The van der Waals surface area contributed by atoms with Gasteiger partial charge in [0.05, 0.1) is 6.54 Å². The van der Waals surface area contributed by atoms with Gasteiger partial charge in [-0.2, -0.15) is 0 Å². The van der Waals surface area contributed by atoms with E-state index in [-0.39, 0.29) is 5.91 Å². The van der Waals surface area contributed by atoms with Gasteiger partial charge in [-0.25, -0.2) is 9.97 Å². The molecule has 28 heavy (non-hydrogen) atoms. The van der Waals surface area contributed by atoms with Gasteiger partial charge >= 0.3 is 0 Å². The Hall–Kier alpha value is -1.89. The maximum absolute atomic E-state index is 12.4. The van der Waals surface area contributed by atoms with Crippen molar-refractivity contribution in [3.05, 3.63) is 12.4 Å². The first-order valence-electron chi connectivity index (χ1n) is 11.0. The zero-order chi connectivity index (χ0) is 19.3. The summed E-state index contributed by atoms with van der Waals surface area (Å²) in [6, 6.07) is 2.51. The van der Waals surface area contributed by atoms with Crippen molar-refractivity contribution in [1.29, 1.82) is 0 Å². The molecule has 1 saturated carbocycles. The molecule has 7 nitrogen and oxygen atoms in total. The Morgan fingerprint density at radius 2 is 1.57 bits per heavy atom. The van der Waals surface area contributed by atoms with E-state index in [1.54, 1.807) is 6.33 Å². The van der Waals surface area contributed by atoms with Crippen LogP contribution in [0.3, 0.4) is 0 Å². The van der Waals surface area contributed by atoms with Crippen LogP contribution < -0.4 is 15.1 Å². The van der Waals surface area contributed by atoms with Gasteiger partial charge in [-0.1, -0.05) is 6.92 Å². The van der Waals surface area contributed by atoms with Crippen molar-refractivity contribution < 1.29 is 4.79 Å². The number of carbonyl (C=O) groups excluding carboxylic acids is 1. The lowest BCUT2D eigenvalue weighted by Crippen LogP contribution is -2.51. The molecule has 1 aliphatic carbocycles. The summed E-state index contributed by atoms with van der Waals surface area (Å²) >= 11 is 0. The summed E-state index contributed by atoms with van der Waals surface area (Å²) in [6.07, 6.45) is 8.93. The molecule has 0 spiro atoms. The Bertz CT molecular complexity index is 646. The Kier molecular flexibility index (Phi) is 6.29. The van der Waals surface area contributed by atoms with Gasteiger partial charge < -0.3 is 15.1 Å². The lowest BCUT2D eigenvalue weighted by Gasteiger charge is -2.35. The Balaban J connectivity index is 1.23. The molecule has 0 bridgehead atoms. The highest BCUT2D eigenvalue weighted by Crippen LogP contribution is 2.24. The molecule has 3 aliphatic rings. The fourth-order valence-electron chi connectivity index (χ4n) is 4.65. The topological polar surface area (TPSA) is 64.6 Å². The van der Waals surface area contributed by atoms with Crippen LogP contribution in [0.1, 0.15) is 45.4 Å². The summed E-state index contributed by atoms with van der Waals surface area (Å²) in [6.45, 7) is 8.64. The molecule has 0 radical (unpaired) electrons. The van der Waals surface area contributed by atoms with Crippen LogP contribution in [-0.4, -0.2) is 72.6 Å². The molecule has 1 amide bonds. The molecule has 1 N–H and O–H groups in total. The van der Waals surface area contributed by atoms with Gasteiger partial charge in [-0.3, -0.25) is 9.69 Å². The van der Waals surface area contributed by atoms with E-state index in [9.17, 15) is 4.79 Å². The number of carbonyl (C=O) groups is 1. The largest absolute Gasteiger partial charge is 0.356 e. The zero-order valence-electron chi connectivity index (χ0n) is 17.1. The Morgan fingerprint density at radius 1 is 0.964 bits per heavy atom. The molecule has 0 atom stereocenters. The highest BCUT2D eigenvalue weighted by Gasteiger charge is 2.24. The lowest BCUT2D eigenvalue weighted by atomic mass is 9.87. The third-order valence-corrected chi connectivity index (χ3v) is 6.51. The van der Waals surface area contributed by atoms with Crippen LogP contribution in [0.2, 0.25) is 0 Å². The van der Waals surface area contributed by atoms with E-state index in [0.29, 0.717) is 12.6 Å². The van der Waals surface area contributed by atoms with Crippen molar-refractivity contribution in [1.82, 2.24) is 20.2 Å². The van der Waals surface area contributed by atoms with E-state index >= 15 is 0 Å². The number of nitrogens with zero attached hydrogens (tertiary/aromatic N) is 5. The molecule has 2 saturated heterocycles. The molecule has 154 valence electrons. The number of amides is 1. The molecule has 0 aromatic carbocycles. The van der Waals surface area contributed by atoms with Crippen LogP contribution in [-0.2, 0) is 4.79 Å². The summed E-state index contributed by atoms with van der Waals surface area (Å²) in [7, 11) is 0. The SMILES string of the molecule is CC1CCC(NC(=O)CN2CCN(c3cc(N4CCCC4)ncn3)CC2)CC1. The summed E-state index contributed by atoms with van der Waals surface area (Å²) in [5, 5.41) is 3.25. The Labute approximate surface area is 168 Å². The molecule has 3 fully saturated rings. The van der Waals surface area contributed by atoms with Crippen LogP contribution >= 0.6 is 0 Å². The van der Waals surface area contributed by atoms with Crippen molar-refractivity contribution in [3.63, 3.8) is 0 Å². The first-order chi connectivity index (χ1) is 13.7. The number of aromatic nitrogens is 2. The van der Waals surface area contributed by atoms with Crippen LogP contribution in [0.25, 0.3) is 0 Å². The second kappa shape index (κ2) is 9.07. The third-order valence-electron chi connectivity index (χ3n) is 6.51. The van der Waals surface area contributed by atoms with Crippen molar-refractivity contribution in [3.8, 4) is 0 Å². The molecule has 1 aromatic heterocycles. The quantitative estimate of drug-likeness (QED) is 0.834. The minimum atomic E-state index is 0.186. The summed E-state index contributed by atoms with van der Waals surface area (Å²) in [5.74, 6) is 3.06. The number of rotatable bonds is 5. The smallest absolute Gasteiger partial charge is 0.234 e.